The van der Waals surface area contributed by atoms with Crippen molar-refractivity contribution in [3.05, 3.63) is 41.1 Å². The van der Waals surface area contributed by atoms with Crippen molar-refractivity contribution in [1.29, 1.82) is 0 Å². The Morgan fingerprint density at radius 3 is 2.56 bits per heavy atom. The van der Waals surface area contributed by atoms with Gasteiger partial charge in [-0.1, -0.05) is 25.1 Å². The SMILES string of the molecule is CCCNc1ncnc(Nc2ccccc2)c1Br. The summed E-state index contributed by atoms with van der Waals surface area (Å²) in [7, 11) is 0. The number of hydrogen-bond donors (Lipinski definition) is 2. The number of benzene rings is 1. The molecule has 4 nitrogen and oxygen atoms in total. The van der Waals surface area contributed by atoms with E-state index in [9.17, 15) is 0 Å². The molecule has 0 radical (unpaired) electrons. The largest absolute Gasteiger partial charge is 0.369 e. The Morgan fingerprint density at radius 1 is 1.11 bits per heavy atom. The molecule has 0 spiro atoms. The first kappa shape index (κ1) is 12.8. The number of para-hydroxylation sites is 1. The van der Waals surface area contributed by atoms with E-state index in [1.807, 2.05) is 30.3 Å². The molecule has 0 fully saturated rings. The van der Waals surface area contributed by atoms with Crippen LogP contribution >= 0.6 is 15.9 Å². The van der Waals surface area contributed by atoms with Crippen LogP contribution in [0.4, 0.5) is 17.3 Å². The Balaban J connectivity index is 2.18. The average molecular weight is 307 g/mol. The Bertz CT molecular complexity index is 502. The van der Waals surface area contributed by atoms with Crippen LogP contribution in [0.3, 0.4) is 0 Å². The van der Waals surface area contributed by atoms with Crippen LogP contribution in [0.25, 0.3) is 0 Å². The zero-order valence-corrected chi connectivity index (χ0v) is 11.7. The summed E-state index contributed by atoms with van der Waals surface area (Å²) in [5.74, 6) is 1.57. The van der Waals surface area contributed by atoms with Gasteiger partial charge in [-0.3, -0.25) is 0 Å². The van der Waals surface area contributed by atoms with Crippen LogP contribution in [0.1, 0.15) is 13.3 Å². The van der Waals surface area contributed by atoms with Gasteiger partial charge in [-0.2, -0.15) is 0 Å². The van der Waals surface area contributed by atoms with E-state index in [-0.39, 0.29) is 0 Å². The highest BCUT2D eigenvalue weighted by Gasteiger charge is 2.07. The second-order valence-corrected chi connectivity index (χ2v) is 4.60. The van der Waals surface area contributed by atoms with Crippen LogP contribution in [-0.2, 0) is 0 Å². The number of aromatic nitrogens is 2. The first-order valence-electron chi connectivity index (χ1n) is 5.87. The van der Waals surface area contributed by atoms with Gasteiger partial charge in [-0.05, 0) is 34.5 Å². The number of nitrogens with one attached hydrogen (secondary N) is 2. The van der Waals surface area contributed by atoms with Gasteiger partial charge in [-0.15, -0.1) is 0 Å². The lowest BCUT2D eigenvalue weighted by Crippen LogP contribution is -2.05. The number of halogens is 1. The first-order chi connectivity index (χ1) is 8.81. The van der Waals surface area contributed by atoms with Crippen LogP contribution in [0.15, 0.2) is 41.1 Å². The molecule has 0 aliphatic heterocycles. The van der Waals surface area contributed by atoms with E-state index in [1.165, 1.54) is 0 Å². The Labute approximate surface area is 115 Å². The Hall–Kier alpha value is -1.62. The minimum absolute atomic E-state index is 0.759. The quantitative estimate of drug-likeness (QED) is 0.882. The second kappa shape index (κ2) is 6.35. The molecular formula is C13H15BrN4. The van der Waals surface area contributed by atoms with Crippen molar-refractivity contribution < 1.29 is 0 Å². The standard InChI is InChI=1S/C13H15BrN4/c1-2-8-15-12-11(14)13(17-9-16-12)18-10-6-4-3-5-7-10/h3-7,9H,2,8H2,1H3,(H2,15,16,17,18). The molecule has 0 bridgehead atoms. The van der Waals surface area contributed by atoms with Crippen molar-refractivity contribution in [2.45, 2.75) is 13.3 Å². The third kappa shape index (κ3) is 3.20. The van der Waals surface area contributed by atoms with Gasteiger partial charge in [0.05, 0.1) is 0 Å². The fourth-order valence-corrected chi connectivity index (χ4v) is 1.93. The number of hydrogen-bond acceptors (Lipinski definition) is 4. The fourth-order valence-electron chi connectivity index (χ4n) is 1.48. The van der Waals surface area contributed by atoms with E-state index in [1.54, 1.807) is 6.33 Å². The lowest BCUT2D eigenvalue weighted by molar-refractivity contribution is 0.962. The van der Waals surface area contributed by atoms with E-state index >= 15 is 0 Å². The molecule has 0 saturated heterocycles. The highest BCUT2D eigenvalue weighted by molar-refractivity contribution is 9.10. The topological polar surface area (TPSA) is 49.8 Å². The zero-order valence-electron chi connectivity index (χ0n) is 10.2. The maximum atomic E-state index is 4.23. The van der Waals surface area contributed by atoms with E-state index in [2.05, 4.69) is 43.5 Å². The van der Waals surface area contributed by atoms with Crippen LogP contribution in [0.2, 0.25) is 0 Å². The van der Waals surface area contributed by atoms with Crippen molar-refractivity contribution in [2.24, 2.45) is 0 Å². The number of nitrogens with zero attached hydrogens (tertiary/aromatic N) is 2. The van der Waals surface area contributed by atoms with Gasteiger partial charge in [-0.25, -0.2) is 9.97 Å². The van der Waals surface area contributed by atoms with Gasteiger partial charge in [0.15, 0.2) is 0 Å². The summed E-state index contributed by atoms with van der Waals surface area (Å²) in [4.78, 5) is 8.44. The third-order valence-electron chi connectivity index (χ3n) is 2.37. The van der Waals surface area contributed by atoms with Crippen molar-refractivity contribution in [2.75, 3.05) is 17.2 Å². The predicted molar refractivity (Wildman–Crippen MR) is 78.2 cm³/mol. The molecule has 2 N–H and O–H groups in total. The second-order valence-electron chi connectivity index (χ2n) is 3.80. The van der Waals surface area contributed by atoms with Crippen molar-refractivity contribution in [3.8, 4) is 0 Å². The molecule has 1 aromatic heterocycles. The third-order valence-corrected chi connectivity index (χ3v) is 3.12. The highest BCUT2D eigenvalue weighted by atomic mass is 79.9. The first-order valence-corrected chi connectivity index (χ1v) is 6.67. The summed E-state index contributed by atoms with van der Waals surface area (Å²) in [6, 6.07) is 9.93. The maximum Gasteiger partial charge on any atom is 0.150 e. The smallest absolute Gasteiger partial charge is 0.150 e. The van der Waals surface area contributed by atoms with Crippen LogP contribution in [0, 0.1) is 0 Å². The summed E-state index contributed by atoms with van der Waals surface area (Å²) in [5.41, 5.74) is 0.998. The Morgan fingerprint density at radius 2 is 1.83 bits per heavy atom. The minimum atomic E-state index is 0.759. The summed E-state index contributed by atoms with van der Waals surface area (Å²) in [5, 5.41) is 6.50. The lowest BCUT2D eigenvalue weighted by atomic mass is 10.3. The van der Waals surface area contributed by atoms with Gasteiger partial charge in [0, 0.05) is 12.2 Å². The number of anilines is 3. The van der Waals surface area contributed by atoms with Crippen molar-refractivity contribution >= 4 is 33.3 Å². The zero-order chi connectivity index (χ0) is 12.8. The molecule has 18 heavy (non-hydrogen) atoms. The van der Waals surface area contributed by atoms with Crippen molar-refractivity contribution in [1.82, 2.24) is 9.97 Å². The van der Waals surface area contributed by atoms with Crippen LogP contribution < -0.4 is 10.6 Å². The van der Waals surface area contributed by atoms with Gasteiger partial charge in [0.1, 0.15) is 22.4 Å². The fraction of sp³-hybridized carbons (Fsp3) is 0.231. The average Bonchev–Trinajstić information content (AvgIpc) is 2.41. The maximum absolute atomic E-state index is 4.23. The molecule has 0 aliphatic carbocycles. The van der Waals surface area contributed by atoms with E-state index in [4.69, 9.17) is 0 Å². The summed E-state index contributed by atoms with van der Waals surface area (Å²) in [6.45, 7) is 3.01. The summed E-state index contributed by atoms with van der Waals surface area (Å²) >= 11 is 3.52. The molecule has 5 heteroatoms. The van der Waals surface area contributed by atoms with Crippen molar-refractivity contribution in [3.63, 3.8) is 0 Å². The Kier molecular flexibility index (Phi) is 4.52. The normalized spacial score (nSPS) is 10.1. The molecule has 2 aromatic rings. The molecule has 2 rings (SSSR count). The van der Waals surface area contributed by atoms with Gasteiger partial charge in [0.2, 0.25) is 0 Å². The van der Waals surface area contributed by atoms with Crippen LogP contribution in [-0.4, -0.2) is 16.5 Å². The molecule has 94 valence electrons. The van der Waals surface area contributed by atoms with Gasteiger partial charge in [0.25, 0.3) is 0 Å². The van der Waals surface area contributed by atoms with E-state index in [0.29, 0.717) is 0 Å². The van der Waals surface area contributed by atoms with E-state index < -0.39 is 0 Å². The molecule has 1 heterocycles. The molecule has 0 aliphatic rings. The monoisotopic (exact) mass is 306 g/mol. The predicted octanol–water partition coefficient (Wildman–Crippen LogP) is 3.80. The van der Waals surface area contributed by atoms with Gasteiger partial charge < -0.3 is 10.6 Å². The molecule has 1 aromatic carbocycles. The molecule has 0 amide bonds. The molecule has 0 unspecified atom stereocenters. The van der Waals surface area contributed by atoms with E-state index in [0.717, 1.165) is 34.8 Å². The number of rotatable bonds is 5. The minimum Gasteiger partial charge on any atom is -0.369 e. The summed E-state index contributed by atoms with van der Waals surface area (Å²) in [6.07, 6.45) is 2.60. The highest BCUT2D eigenvalue weighted by Crippen LogP contribution is 2.28. The molecular weight excluding hydrogens is 292 g/mol. The van der Waals surface area contributed by atoms with Crippen LogP contribution in [0.5, 0.6) is 0 Å². The summed E-state index contributed by atoms with van der Waals surface area (Å²) < 4.78 is 0.849. The van der Waals surface area contributed by atoms with Gasteiger partial charge >= 0.3 is 0 Å². The molecule has 0 atom stereocenters. The molecule has 0 saturated carbocycles. The lowest BCUT2D eigenvalue weighted by Gasteiger charge is -2.11.